The lowest BCUT2D eigenvalue weighted by atomic mass is 10.0. The van der Waals surface area contributed by atoms with Crippen LogP contribution in [0.5, 0.6) is 11.5 Å². The molecule has 0 aromatic heterocycles. The normalized spacial score (nSPS) is 16.1. The number of ether oxygens (including phenoxy) is 2. The van der Waals surface area contributed by atoms with Gasteiger partial charge in [0.05, 0.1) is 25.8 Å². The van der Waals surface area contributed by atoms with Crippen molar-refractivity contribution in [3.63, 3.8) is 0 Å². The van der Waals surface area contributed by atoms with Crippen LogP contribution in [-0.4, -0.2) is 44.7 Å². The van der Waals surface area contributed by atoms with Crippen molar-refractivity contribution in [2.24, 2.45) is 0 Å². The number of para-hydroxylation sites is 1. The Bertz CT molecular complexity index is 753. The Labute approximate surface area is 167 Å². The molecule has 0 aliphatic carbocycles. The number of hydrogen-bond acceptors (Lipinski definition) is 4. The first kappa shape index (κ1) is 20.2. The minimum atomic E-state index is -0.106. The summed E-state index contributed by atoms with van der Waals surface area (Å²) in [7, 11) is 3.26. The molecule has 0 unspecified atom stereocenters. The van der Waals surface area contributed by atoms with Crippen LogP contribution in [0.15, 0.2) is 48.5 Å². The number of hydrogen-bond donors (Lipinski definition) is 1. The molecular formula is C23H30N2O3. The van der Waals surface area contributed by atoms with Gasteiger partial charge in [-0.05, 0) is 55.8 Å². The van der Waals surface area contributed by atoms with Crippen molar-refractivity contribution >= 4 is 5.91 Å². The van der Waals surface area contributed by atoms with Gasteiger partial charge in [0.2, 0.25) is 0 Å². The Morgan fingerprint density at radius 3 is 2.29 bits per heavy atom. The average Bonchev–Trinajstić information content (AvgIpc) is 3.03. The summed E-state index contributed by atoms with van der Waals surface area (Å²) in [5.41, 5.74) is 1.76. The molecule has 3 rings (SSSR count). The molecule has 0 radical (unpaired) electrons. The summed E-state index contributed by atoms with van der Waals surface area (Å²) in [6, 6.07) is 15.6. The third-order valence-electron chi connectivity index (χ3n) is 5.39. The van der Waals surface area contributed by atoms with E-state index in [1.807, 2.05) is 30.3 Å². The zero-order valence-electron chi connectivity index (χ0n) is 16.8. The topological polar surface area (TPSA) is 50.8 Å². The highest BCUT2D eigenvalue weighted by Gasteiger charge is 2.23. The van der Waals surface area contributed by atoms with E-state index in [0.717, 1.165) is 18.8 Å². The summed E-state index contributed by atoms with van der Waals surface area (Å²) in [5, 5.41) is 3.13. The van der Waals surface area contributed by atoms with Gasteiger partial charge in [0.25, 0.3) is 5.91 Å². The minimum absolute atomic E-state index is 0.106. The van der Waals surface area contributed by atoms with E-state index in [-0.39, 0.29) is 11.9 Å². The molecule has 0 spiro atoms. The standard InChI is InChI=1S/C23H30N2O3/c1-27-19-13-11-18(12-14-19)21(25-15-7-3-4-8-16-25)17-24-23(26)20-9-5-6-10-22(20)28-2/h5-6,9-14,21H,3-4,7-8,15-17H2,1-2H3,(H,24,26)/t21-/m1/s1. The molecule has 28 heavy (non-hydrogen) atoms. The Kier molecular flexibility index (Phi) is 7.31. The molecule has 1 heterocycles. The highest BCUT2D eigenvalue weighted by molar-refractivity contribution is 5.96. The summed E-state index contributed by atoms with van der Waals surface area (Å²) in [6.07, 6.45) is 4.96. The number of carbonyl (C=O) groups is 1. The number of nitrogens with zero attached hydrogens (tertiary/aromatic N) is 1. The van der Waals surface area contributed by atoms with Gasteiger partial charge in [-0.2, -0.15) is 0 Å². The molecule has 1 fully saturated rings. The molecule has 1 aliphatic heterocycles. The predicted octanol–water partition coefficient (Wildman–Crippen LogP) is 4.05. The van der Waals surface area contributed by atoms with Crippen LogP contribution < -0.4 is 14.8 Å². The third-order valence-corrected chi connectivity index (χ3v) is 5.39. The maximum atomic E-state index is 12.8. The Morgan fingerprint density at radius 1 is 0.964 bits per heavy atom. The molecule has 1 saturated heterocycles. The third kappa shape index (κ3) is 5.04. The SMILES string of the molecule is COc1ccc([C@@H](CNC(=O)c2ccccc2OC)N2CCCCCC2)cc1. The second-order valence-corrected chi connectivity index (χ2v) is 7.15. The van der Waals surface area contributed by atoms with Gasteiger partial charge in [0.15, 0.2) is 0 Å². The van der Waals surface area contributed by atoms with Crippen LogP contribution in [-0.2, 0) is 0 Å². The lowest BCUT2D eigenvalue weighted by Gasteiger charge is -2.31. The van der Waals surface area contributed by atoms with Gasteiger partial charge in [0, 0.05) is 6.54 Å². The van der Waals surface area contributed by atoms with Crippen molar-refractivity contribution in [2.45, 2.75) is 31.7 Å². The molecule has 5 heteroatoms. The lowest BCUT2D eigenvalue weighted by molar-refractivity contribution is 0.0930. The first-order chi connectivity index (χ1) is 13.7. The van der Waals surface area contributed by atoms with Crippen molar-refractivity contribution in [2.75, 3.05) is 33.9 Å². The van der Waals surface area contributed by atoms with E-state index in [2.05, 4.69) is 22.3 Å². The molecule has 0 saturated carbocycles. The zero-order chi connectivity index (χ0) is 19.8. The summed E-state index contributed by atoms with van der Waals surface area (Å²) < 4.78 is 10.6. The first-order valence-electron chi connectivity index (χ1n) is 10.0. The van der Waals surface area contributed by atoms with E-state index >= 15 is 0 Å². The van der Waals surface area contributed by atoms with Gasteiger partial charge in [-0.15, -0.1) is 0 Å². The number of likely N-dealkylation sites (tertiary alicyclic amines) is 1. The van der Waals surface area contributed by atoms with E-state index in [1.165, 1.54) is 31.2 Å². The van der Waals surface area contributed by atoms with Gasteiger partial charge in [-0.1, -0.05) is 37.1 Å². The van der Waals surface area contributed by atoms with Crippen molar-refractivity contribution in [1.82, 2.24) is 10.2 Å². The van der Waals surface area contributed by atoms with Gasteiger partial charge < -0.3 is 14.8 Å². The van der Waals surface area contributed by atoms with Gasteiger partial charge >= 0.3 is 0 Å². The number of carbonyl (C=O) groups excluding carboxylic acids is 1. The van der Waals surface area contributed by atoms with Gasteiger partial charge in [-0.3, -0.25) is 9.69 Å². The number of benzene rings is 2. The fraction of sp³-hybridized carbons (Fsp3) is 0.435. The number of nitrogens with one attached hydrogen (secondary N) is 1. The second kappa shape index (κ2) is 10.1. The van der Waals surface area contributed by atoms with Crippen LogP contribution in [0.4, 0.5) is 0 Å². The van der Waals surface area contributed by atoms with E-state index in [4.69, 9.17) is 9.47 Å². The molecule has 1 N–H and O–H groups in total. The summed E-state index contributed by atoms with van der Waals surface area (Å²) in [6.45, 7) is 2.67. The highest BCUT2D eigenvalue weighted by Crippen LogP contribution is 2.26. The Hall–Kier alpha value is -2.53. The first-order valence-corrected chi connectivity index (χ1v) is 10.0. The maximum Gasteiger partial charge on any atom is 0.255 e. The molecule has 2 aromatic carbocycles. The van der Waals surface area contributed by atoms with E-state index in [1.54, 1.807) is 20.3 Å². The molecule has 1 atom stereocenters. The van der Waals surface area contributed by atoms with Crippen LogP contribution in [0.25, 0.3) is 0 Å². The molecular weight excluding hydrogens is 352 g/mol. The lowest BCUT2D eigenvalue weighted by Crippen LogP contribution is -2.38. The molecule has 1 aliphatic rings. The average molecular weight is 383 g/mol. The monoisotopic (exact) mass is 382 g/mol. The Balaban J connectivity index is 1.77. The van der Waals surface area contributed by atoms with E-state index in [0.29, 0.717) is 17.9 Å². The van der Waals surface area contributed by atoms with Crippen LogP contribution in [0.2, 0.25) is 0 Å². The zero-order valence-corrected chi connectivity index (χ0v) is 16.8. The van der Waals surface area contributed by atoms with Gasteiger partial charge in [0.1, 0.15) is 11.5 Å². The van der Waals surface area contributed by atoms with Crippen LogP contribution in [0.3, 0.4) is 0 Å². The molecule has 1 amide bonds. The van der Waals surface area contributed by atoms with Crippen molar-refractivity contribution < 1.29 is 14.3 Å². The quantitative estimate of drug-likeness (QED) is 0.785. The van der Waals surface area contributed by atoms with Crippen molar-refractivity contribution in [3.05, 3.63) is 59.7 Å². The van der Waals surface area contributed by atoms with Crippen LogP contribution in [0.1, 0.15) is 47.6 Å². The minimum Gasteiger partial charge on any atom is -0.497 e. The maximum absolute atomic E-state index is 12.8. The molecule has 150 valence electrons. The molecule has 2 aromatic rings. The van der Waals surface area contributed by atoms with Crippen molar-refractivity contribution in [1.29, 1.82) is 0 Å². The summed E-state index contributed by atoms with van der Waals surface area (Å²) in [5.74, 6) is 1.33. The summed E-state index contributed by atoms with van der Waals surface area (Å²) in [4.78, 5) is 15.3. The van der Waals surface area contributed by atoms with Crippen LogP contribution in [0, 0.1) is 0 Å². The van der Waals surface area contributed by atoms with Gasteiger partial charge in [-0.25, -0.2) is 0 Å². The van der Waals surface area contributed by atoms with Crippen molar-refractivity contribution in [3.8, 4) is 11.5 Å². The summed E-state index contributed by atoms with van der Waals surface area (Å²) >= 11 is 0. The number of amides is 1. The van der Waals surface area contributed by atoms with Crippen LogP contribution >= 0.6 is 0 Å². The predicted molar refractivity (Wildman–Crippen MR) is 111 cm³/mol. The van der Waals surface area contributed by atoms with E-state index < -0.39 is 0 Å². The fourth-order valence-corrected chi connectivity index (χ4v) is 3.81. The van der Waals surface area contributed by atoms with E-state index in [9.17, 15) is 4.79 Å². The number of methoxy groups -OCH3 is 2. The molecule has 5 nitrogen and oxygen atoms in total. The smallest absolute Gasteiger partial charge is 0.255 e. The number of rotatable bonds is 7. The highest BCUT2D eigenvalue weighted by atomic mass is 16.5. The second-order valence-electron chi connectivity index (χ2n) is 7.15. The largest absolute Gasteiger partial charge is 0.497 e. The Morgan fingerprint density at radius 2 is 1.64 bits per heavy atom. The fourth-order valence-electron chi connectivity index (χ4n) is 3.81. The molecule has 0 bridgehead atoms.